The first-order valence-corrected chi connectivity index (χ1v) is 8.52. The smallest absolute Gasteiger partial charge is 0.212 e. The van der Waals surface area contributed by atoms with E-state index in [9.17, 15) is 5.11 Å². The fourth-order valence-electron chi connectivity index (χ4n) is 2.89. The number of hydrogen-bond donors (Lipinski definition) is 1. The maximum atomic E-state index is 10.6. The first-order valence-electron chi connectivity index (χ1n) is 8.52. The molecule has 0 fully saturated rings. The molecule has 0 saturated heterocycles. The summed E-state index contributed by atoms with van der Waals surface area (Å²) in [5.74, 6) is 1.31. The third-order valence-corrected chi connectivity index (χ3v) is 4.26. The second-order valence-corrected chi connectivity index (χ2v) is 6.42. The van der Waals surface area contributed by atoms with Gasteiger partial charge in [-0.05, 0) is 30.7 Å². The molecule has 5 nitrogen and oxygen atoms in total. The van der Waals surface area contributed by atoms with Crippen LogP contribution in [0.4, 0.5) is 0 Å². The predicted octanol–water partition coefficient (Wildman–Crippen LogP) is 2.87. The van der Waals surface area contributed by atoms with Gasteiger partial charge in [0.2, 0.25) is 11.8 Å². The van der Waals surface area contributed by atoms with Crippen LogP contribution in [-0.4, -0.2) is 49.3 Å². The third-order valence-electron chi connectivity index (χ3n) is 4.26. The molecule has 0 bridgehead atoms. The van der Waals surface area contributed by atoms with Gasteiger partial charge in [0.05, 0.1) is 20.3 Å². The van der Waals surface area contributed by atoms with E-state index in [0.29, 0.717) is 18.2 Å². The lowest BCUT2D eigenvalue weighted by Crippen LogP contribution is -2.42. The Morgan fingerprint density at radius 2 is 1.58 bits per heavy atom. The first-order chi connectivity index (χ1) is 11.6. The van der Waals surface area contributed by atoms with Gasteiger partial charge in [0.1, 0.15) is 6.04 Å². The van der Waals surface area contributed by atoms with Crippen molar-refractivity contribution >= 4 is 11.8 Å². The molecule has 0 amide bonds. The number of aryl methyl sites for hydroxylation is 1. The lowest BCUT2D eigenvalue weighted by Gasteiger charge is -2.29. The van der Waals surface area contributed by atoms with Crippen molar-refractivity contribution < 1.29 is 14.6 Å². The van der Waals surface area contributed by atoms with Gasteiger partial charge in [0, 0.05) is 0 Å². The van der Waals surface area contributed by atoms with E-state index in [2.05, 4.69) is 36.0 Å². The summed E-state index contributed by atoms with van der Waals surface area (Å²) in [4.78, 5) is 9.17. The molecular weight excluding hydrogens is 304 g/mol. The minimum Gasteiger partial charge on any atom is -0.483 e. The fourth-order valence-corrected chi connectivity index (χ4v) is 2.89. The van der Waals surface area contributed by atoms with E-state index in [1.165, 1.54) is 5.56 Å². The highest BCUT2D eigenvalue weighted by atomic mass is 16.5. The third kappa shape index (κ3) is 4.57. The van der Waals surface area contributed by atoms with Gasteiger partial charge >= 0.3 is 0 Å². The van der Waals surface area contributed by atoms with Crippen LogP contribution in [0.15, 0.2) is 40.3 Å². The maximum absolute atomic E-state index is 10.6. The lowest BCUT2D eigenvalue weighted by molar-refractivity contribution is 0.142. The van der Waals surface area contributed by atoms with E-state index in [1.807, 2.05) is 18.2 Å². The van der Waals surface area contributed by atoms with Crippen molar-refractivity contribution in [2.24, 2.45) is 15.9 Å². The van der Waals surface area contributed by atoms with E-state index in [4.69, 9.17) is 9.47 Å². The second kappa shape index (κ2) is 8.83. The molecule has 3 atom stereocenters. The zero-order chi connectivity index (χ0) is 17.5. The van der Waals surface area contributed by atoms with Crippen LogP contribution in [0.5, 0.6) is 0 Å². The Morgan fingerprint density at radius 3 is 2.17 bits per heavy atom. The van der Waals surface area contributed by atoms with Crippen LogP contribution in [-0.2, 0) is 15.9 Å². The Bertz CT molecular complexity index is 569. The summed E-state index contributed by atoms with van der Waals surface area (Å²) in [5, 5.41) is 10.6. The van der Waals surface area contributed by atoms with Crippen molar-refractivity contribution in [3.05, 3.63) is 35.9 Å². The highest BCUT2D eigenvalue weighted by Crippen LogP contribution is 2.21. The topological polar surface area (TPSA) is 63.4 Å². The number of methoxy groups -OCH3 is 2. The van der Waals surface area contributed by atoms with E-state index in [0.717, 1.165) is 12.8 Å². The van der Waals surface area contributed by atoms with Crippen LogP contribution in [0, 0.1) is 5.92 Å². The van der Waals surface area contributed by atoms with E-state index < -0.39 is 12.1 Å². The van der Waals surface area contributed by atoms with E-state index >= 15 is 0 Å². The highest BCUT2D eigenvalue weighted by Gasteiger charge is 2.34. The standard InChI is InChI=1S/C19H28N2O3/c1-13(2)16-18(23-3)21-17(19(20-16)24-4)15(22)12-8-11-14-9-6-5-7-10-14/h5-7,9-10,13,15-17,22H,8,11-12H2,1-4H3/t15-,16-,17+/m1/s1. The molecule has 1 aromatic carbocycles. The van der Waals surface area contributed by atoms with Gasteiger partial charge in [-0.2, -0.15) is 0 Å². The number of aliphatic hydroxyl groups excluding tert-OH is 1. The first kappa shape index (κ1) is 18.5. The zero-order valence-electron chi connectivity index (χ0n) is 15.0. The Labute approximate surface area is 144 Å². The minimum atomic E-state index is -0.634. The Hall–Kier alpha value is -1.88. The summed E-state index contributed by atoms with van der Waals surface area (Å²) in [6.45, 7) is 4.12. The molecular formula is C19H28N2O3. The predicted molar refractivity (Wildman–Crippen MR) is 96.7 cm³/mol. The number of aliphatic hydroxyl groups is 1. The van der Waals surface area contributed by atoms with Gasteiger partial charge in [0.15, 0.2) is 6.04 Å². The van der Waals surface area contributed by atoms with Crippen LogP contribution in [0.1, 0.15) is 32.3 Å². The van der Waals surface area contributed by atoms with Crippen LogP contribution in [0.3, 0.4) is 0 Å². The van der Waals surface area contributed by atoms with Gasteiger partial charge in [-0.3, -0.25) is 0 Å². The molecule has 0 aliphatic carbocycles. The van der Waals surface area contributed by atoms with Gasteiger partial charge in [0.25, 0.3) is 0 Å². The van der Waals surface area contributed by atoms with Crippen molar-refractivity contribution in [2.75, 3.05) is 14.2 Å². The molecule has 5 heteroatoms. The Kier molecular flexibility index (Phi) is 6.79. The van der Waals surface area contributed by atoms with Gasteiger partial charge in [-0.25, -0.2) is 9.98 Å². The minimum absolute atomic E-state index is 0.155. The van der Waals surface area contributed by atoms with Crippen molar-refractivity contribution in [3.63, 3.8) is 0 Å². The largest absolute Gasteiger partial charge is 0.483 e. The van der Waals surface area contributed by atoms with Crippen LogP contribution in [0.2, 0.25) is 0 Å². The molecule has 0 unspecified atom stereocenters. The van der Waals surface area contributed by atoms with Crippen molar-refractivity contribution in [1.82, 2.24) is 0 Å². The average Bonchev–Trinajstić information content (AvgIpc) is 2.61. The monoisotopic (exact) mass is 332 g/mol. The van der Waals surface area contributed by atoms with E-state index in [-0.39, 0.29) is 12.0 Å². The molecule has 2 rings (SSSR count). The summed E-state index contributed by atoms with van der Waals surface area (Å²) in [7, 11) is 3.17. The molecule has 1 aliphatic heterocycles. The second-order valence-electron chi connectivity index (χ2n) is 6.42. The SMILES string of the molecule is COC1=N[C@H](C(C)C)C(OC)=N[C@H]1[C@H](O)CCCc1ccccc1. The molecule has 132 valence electrons. The lowest BCUT2D eigenvalue weighted by atomic mass is 9.98. The molecule has 1 heterocycles. The highest BCUT2D eigenvalue weighted by molar-refractivity contribution is 5.94. The van der Waals surface area contributed by atoms with Crippen molar-refractivity contribution in [3.8, 4) is 0 Å². The maximum Gasteiger partial charge on any atom is 0.212 e. The molecule has 1 aliphatic rings. The summed E-state index contributed by atoms with van der Waals surface area (Å²) >= 11 is 0. The Balaban J connectivity index is 2.00. The van der Waals surface area contributed by atoms with E-state index in [1.54, 1.807) is 14.2 Å². The number of hydrogen-bond acceptors (Lipinski definition) is 5. The van der Waals surface area contributed by atoms with Gasteiger partial charge in [-0.15, -0.1) is 0 Å². The zero-order valence-corrected chi connectivity index (χ0v) is 15.0. The van der Waals surface area contributed by atoms with Crippen molar-refractivity contribution in [2.45, 2.75) is 51.3 Å². The number of rotatable bonds is 6. The molecule has 0 radical (unpaired) electrons. The normalized spacial score (nSPS) is 21.9. The van der Waals surface area contributed by atoms with Crippen LogP contribution >= 0.6 is 0 Å². The quantitative estimate of drug-likeness (QED) is 0.871. The van der Waals surface area contributed by atoms with Crippen LogP contribution < -0.4 is 0 Å². The van der Waals surface area contributed by atoms with Crippen molar-refractivity contribution in [1.29, 1.82) is 0 Å². The molecule has 1 N–H and O–H groups in total. The number of ether oxygens (including phenoxy) is 2. The number of benzene rings is 1. The van der Waals surface area contributed by atoms with Crippen LogP contribution in [0.25, 0.3) is 0 Å². The summed E-state index contributed by atoms with van der Waals surface area (Å²) in [5.41, 5.74) is 1.27. The molecule has 24 heavy (non-hydrogen) atoms. The fraction of sp³-hybridized carbons (Fsp3) is 0.579. The summed E-state index contributed by atoms with van der Waals surface area (Å²) < 4.78 is 10.8. The average molecular weight is 332 g/mol. The number of aliphatic imine (C=N–C) groups is 2. The van der Waals surface area contributed by atoms with Gasteiger partial charge in [-0.1, -0.05) is 44.2 Å². The Morgan fingerprint density at radius 1 is 1.00 bits per heavy atom. The van der Waals surface area contributed by atoms with Gasteiger partial charge < -0.3 is 14.6 Å². The summed E-state index contributed by atoms with van der Waals surface area (Å²) in [6.07, 6.45) is 1.81. The number of nitrogens with zero attached hydrogens (tertiary/aromatic N) is 2. The molecule has 0 spiro atoms. The molecule has 0 aromatic heterocycles. The summed E-state index contributed by atoms with van der Waals surface area (Å²) in [6, 6.07) is 9.63. The molecule has 1 aromatic rings. The molecule has 0 saturated carbocycles.